The van der Waals surface area contributed by atoms with Crippen molar-refractivity contribution in [2.24, 2.45) is 0 Å². The molecule has 2 nitrogen and oxygen atoms in total. The Morgan fingerprint density at radius 2 is 1.85 bits per heavy atom. The summed E-state index contributed by atoms with van der Waals surface area (Å²) in [6, 6.07) is 3.69. The molecular formula is C9H12Cl2N2. The molecule has 1 rings (SSSR count). The highest BCUT2D eigenvalue weighted by atomic mass is 35.5. The fraction of sp³-hybridized carbons (Fsp3) is 0.333. The Morgan fingerprint density at radius 3 is 2.31 bits per heavy atom. The van der Waals surface area contributed by atoms with Gasteiger partial charge in [-0.2, -0.15) is 0 Å². The van der Waals surface area contributed by atoms with Gasteiger partial charge in [0.25, 0.3) is 0 Å². The maximum Gasteiger partial charge on any atom is 0.0693 e. The van der Waals surface area contributed by atoms with Crippen LogP contribution < -0.4 is 11.1 Å². The molecule has 1 aromatic carbocycles. The van der Waals surface area contributed by atoms with E-state index in [1.54, 1.807) is 0 Å². The van der Waals surface area contributed by atoms with Gasteiger partial charge in [0.2, 0.25) is 0 Å². The van der Waals surface area contributed by atoms with Crippen LogP contribution in [0.3, 0.4) is 0 Å². The molecule has 72 valence electrons. The van der Waals surface area contributed by atoms with Crippen LogP contribution in [0.25, 0.3) is 0 Å². The van der Waals surface area contributed by atoms with Crippen molar-refractivity contribution in [1.82, 2.24) is 5.32 Å². The van der Waals surface area contributed by atoms with Gasteiger partial charge in [0.05, 0.1) is 15.7 Å². The predicted molar refractivity (Wildman–Crippen MR) is 58.5 cm³/mol. The maximum atomic E-state index is 5.87. The van der Waals surface area contributed by atoms with Crippen molar-refractivity contribution in [3.63, 3.8) is 0 Å². The maximum absolute atomic E-state index is 5.87. The second-order valence-electron chi connectivity index (χ2n) is 2.83. The lowest BCUT2D eigenvalue weighted by atomic mass is 10.1. The van der Waals surface area contributed by atoms with E-state index >= 15 is 0 Å². The zero-order valence-corrected chi connectivity index (χ0v) is 8.91. The Kier molecular flexibility index (Phi) is 3.85. The van der Waals surface area contributed by atoms with E-state index in [9.17, 15) is 0 Å². The molecule has 0 spiro atoms. The van der Waals surface area contributed by atoms with E-state index < -0.39 is 0 Å². The van der Waals surface area contributed by atoms with Crippen LogP contribution in [0.4, 0.5) is 5.69 Å². The summed E-state index contributed by atoms with van der Waals surface area (Å²) < 4.78 is 0. The van der Waals surface area contributed by atoms with Gasteiger partial charge in [-0.05, 0) is 37.7 Å². The number of nitrogens with two attached hydrogens (primary N) is 1. The minimum atomic E-state index is 0.455. The molecule has 0 aliphatic carbocycles. The first kappa shape index (κ1) is 10.6. The predicted octanol–water partition coefficient (Wildman–Crippen LogP) is 2.34. The highest BCUT2D eigenvalue weighted by Crippen LogP contribution is 2.28. The van der Waals surface area contributed by atoms with E-state index in [1.807, 2.05) is 19.2 Å². The molecule has 0 heterocycles. The molecule has 0 fully saturated rings. The minimum Gasteiger partial charge on any atom is -0.396 e. The summed E-state index contributed by atoms with van der Waals surface area (Å²) in [5, 5.41) is 4.11. The number of rotatable bonds is 3. The molecule has 13 heavy (non-hydrogen) atoms. The third kappa shape index (κ3) is 2.76. The fourth-order valence-electron chi connectivity index (χ4n) is 1.05. The summed E-state index contributed by atoms with van der Waals surface area (Å²) in [6.07, 6.45) is 0.899. The van der Waals surface area contributed by atoms with Crippen molar-refractivity contribution in [2.45, 2.75) is 6.42 Å². The molecule has 0 amide bonds. The Balaban J connectivity index is 2.86. The highest BCUT2D eigenvalue weighted by Gasteiger charge is 2.03. The number of hydrogen-bond acceptors (Lipinski definition) is 2. The molecule has 0 bridgehead atoms. The molecule has 3 N–H and O–H groups in total. The summed E-state index contributed by atoms with van der Waals surface area (Å²) in [7, 11) is 1.90. The average molecular weight is 219 g/mol. The van der Waals surface area contributed by atoms with Crippen LogP contribution in [0.5, 0.6) is 0 Å². The van der Waals surface area contributed by atoms with Crippen molar-refractivity contribution in [2.75, 3.05) is 19.3 Å². The van der Waals surface area contributed by atoms with E-state index in [4.69, 9.17) is 28.9 Å². The highest BCUT2D eigenvalue weighted by molar-refractivity contribution is 6.38. The van der Waals surface area contributed by atoms with Gasteiger partial charge in [-0.1, -0.05) is 23.2 Å². The SMILES string of the molecule is CNCCc1cc(Cl)c(N)c(Cl)c1. The van der Waals surface area contributed by atoms with Crippen LogP contribution in [0, 0.1) is 0 Å². The lowest BCUT2D eigenvalue weighted by Gasteiger charge is -2.05. The Bertz CT molecular complexity index is 277. The van der Waals surface area contributed by atoms with Crippen molar-refractivity contribution in [3.05, 3.63) is 27.7 Å². The van der Waals surface area contributed by atoms with Crippen LogP contribution in [0.15, 0.2) is 12.1 Å². The number of anilines is 1. The topological polar surface area (TPSA) is 38.0 Å². The summed E-state index contributed by atoms with van der Waals surface area (Å²) >= 11 is 11.7. The molecule has 1 aromatic rings. The molecule has 0 aliphatic heterocycles. The quantitative estimate of drug-likeness (QED) is 0.765. The molecule has 0 radical (unpaired) electrons. The lowest BCUT2D eigenvalue weighted by molar-refractivity contribution is 0.792. The first-order valence-electron chi connectivity index (χ1n) is 4.03. The number of nitrogen functional groups attached to an aromatic ring is 1. The van der Waals surface area contributed by atoms with E-state index in [2.05, 4.69) is 5.32 Å². The van der Waals surface area contributed by atoms with Gasteiger partial charge in [0.15, 0.2) is 0 Å². The van der Waals surface area contributed by atoms with E-state index in [-0.39, 0.29) is 0 Å². The van der Waals surface area contributed by atoms with Crippen LogP contribution in [-0.2, 0) is 6.42 Å². The average Bonchev–Trinajstić information content (AvgIpc) is 2.10. The molecule has 0 aliphatic rings. The number of benzene rings is 1. The van der Waals surface area contributed by atoms with Crippen molar-refractivity contribution in [3.8, 4) is 0 Å². The second kappa shape index (κ2) is 4.70. The zero-order chi connectivity index (χ0) is 9.84. The standard InChI is InChI=1S/C9H12Cl2N2/c1-13-3-2-6-4-7(10)9(12)8(11)5-6/h4-5,13H,2-3,12H2,1H3. The summed E-state index contributed by atoms with van der Waals surface area (Å²) in [6.45, 7) is 0.899. The van der Waals surface area contributed by atoms with Crippen molar-refractivity contribution in [1.29, 1.82) is 0 Å². The van der Waals surface area contributed by atoms with Crippen LogP contribution >= 0.6 is 23.2 Å². The van der Waals surface area contributed by atoms with E-state index in [0.717, 1.165) is 18.5 Å². The minimum absolute atomic E-state index is 0.455. The fourth-order valence-corrected chi connectivity index (χ4v) is 1.58. The molecule has 0 aromatic heterocycles. The molecule has 0 unspecified atom stereocenters. The van der Waals surface area contributed by atoms with Crippen molar-refractivity contribution >= 4 is 28.9 Å². The van der Waals surface area contributed by atoms with Gasteiger partial charge in [0, 0.05) is 0 Å². The third-order valence-corrected chi connectivity index (χ3v) is 2.43. The van der Waals surface area contributed by atoms with Crippen LogP contribution in [-0.4, -0.2) is 13.6 Å². The molecule has 4 heteroatoms. The third-order valence-electron chi connectivity index (χ3n) is 1.80. The van der Waals surface area contributed by atoms with Gasteiger partial charge in [-0.25, -0.2) is 0 Å². The summed E-state index contributed by atoms with van der Waals surface area (Å²) in [4.78, 5) is 0. The first-order chi connectivity index (χ1) is 6.15. The van der Waals surface area contributed by atoms with Crippen LogP contribution in [0.2, 0.25) is 10.0 Å². The Labute approximate surface area is 88.0 Å². The molecule has 0 atom stereocenters. The number of hydrogen-bond donors (Lipinski definition) is 2. The van der Waals surface area contributed by atoms with Gasteiger partial charge >= 0.3 is 0 Å². The lowest BCUT2D eigenvalue weighted by Crippen LogP contribution is -2.10. The Morgan fingerprint density at radius 1 is 1.31 bits per heavy atom. The van der Waals surface area contributed by atoms with E-state index in [0.29, 0.717) is 15.7 Å². The first-order valence-corrected chi connectivity index (χ1v) is 4.78. The van der Waals surface area contributed by atoms with Gasteiger partial charge < -0.3 is 11.1 Å². The van der Waals surface area contributed by atoms with Gasteiger partial charge in [-0.15, -0.1) is 0 Å². The van der Waals surface area contributed by atoms with Crippen molar-refractivity contribution < 1.29 is 0 Å². The van der Waals surface area contributed by atoms with E-state index in [1.165, 1.54) is 0 Å². The monoisotopic (exact) mass is 218 g/mol. The largest absolute Gasteiger partial charge is 0.396 e. The smallest absolute Gasteiger partial charge is 0.0693 e. The van der Waals surface area contributed by atoms with Crippen LogP contribution in [0.1, 0.15) is 5.56 Å². The number of nitrogens with one attached hydrogen (secondary N) is 1. The molecule has 0 saturated carbocycles. The number of halogens is 2. The summed E-state index contributed by atoms with van der Waals surface area (Å²) in [5.41, 5.74) is 7.15. The zero-order valence-electron chi connectivity index (χ0n) is 7.40. The molecular weight excluding hydrogens is 207 g/mol. The van der Waals surface area contributed by atoms with Gasteiger partial charge in [0.1, 0.15) is 0 Å². The molecule has 0 saturated heterocycles. The second-order valence-corrected chi connectivity index (χ2v) is 3.64. The van der Waals surface area contributed by atoms with Gasteiger partial charge in [-0.3, -0.25) is 0 Å². The Hall–Kier alpha value is -0.440. The summed E-state index contributed by atoms with van der Waals surface area (Å²) in [5.74, 6) is 0. The normalized spacial score (nSPS) is 10.4. The number of likely N-dealkylation sites (N-methyl/N-ethyl adjacent to an activating group) is 1.